The Morgan fingerprint density at radius 1 is 1.25 bits per heavy atom. The third-order valence-corrected chi connectivity index (χ3v) is 4.21. The Labute approximate surface area is 140 Å². The van der Waals surface area contributed by atoms with Crippen LogP contribution < -0.4 is 0 Å². The van der Waals surface area contributed by atoms with Crippen LogP contribution in [0.1, 0.15) is 25.5 Å². The van der Waals surface area contributed by atoms with Gasteiger partial charge in [0.25, 0.3) is 5.91 Å². The van der Waals surface area contributed by atoms with Crippen molar-refractivity contribution in [2.75, 3.05) is 26.2 Å². The van der Waals surface area contributed by atoms with Crippen LogP contribution in [-0.2, 0) is 19.1 Å². The van der Waals surface area contributed by atoms with Gasteiger partial charge in [-0.05, 0) is 19.4 Å². The fourth-order valence-corrected chi connectivity index (χ4v) is 2.84. The number of hydrogen-bond acceptors (Lipinski definition) is 5. The van der Waals surface area contributed by atoms with Crippen molar-refractivity contribution in [3.8, 4) is 0 Å². The van der Waals surface area contributed by atoms with Gasteiger partial charge >= 0.3 is 6.09 Å². The highest BCUT2D eigenvalue weighted by molar-refractivity contribution is 6.04. The Bertz CT molecular complexity index is 658. The second-order valence-electron chi connectivity index (χ2n) is 6.38. The van der Waals surface area contributed by atoms with Crippen LogP contribution in [0.15, 0.2) is 30.3 Å². The normalized spacial score (nSPS) is 23.3. The standard InChI is InChI=1S/C17H20N2O5/c1-17(2)15(21)19(16(22)24-17)11-14(20)18-8-9-23-13(10-18)12-6-4-3-5-7-12/h3-7,13H,8-11H2,1-2H3/t13-/m0/s1. The molecule has 7 heteroatoms. The van der Waals surface area contributed by atoms with Crippen LogP contribution in [0.25, 0.3) is 0 Å². The van der Waals surface area contributed by atoms with E-state index in [-0.39, 0.29) is 18.6 Å². The topological polar surface area (TPSA) is 76.2 Å². The molecule has 24 heavy (non-hydrogen) atoms. The number of carbonyl (C=O) groups excluding carboxylic acids is 3. The van der Waals surface area contributed by atoms with Crippen molar-refractivity contribution < 1.29 is 23.9 Å². The van der Waals surface area contributed by atoms with Gasteiger partial charge in [-0.3, -0.25) is 9.59 Å². The molecule has 0 bridgehead atoms. The minimum absolute atomic E-state index is 0.207. The summed E-state index contributed by atoms with van der Waals surface area (Å²) >= 11 is 0. The summed E-state index contributed by atoms with van der Waals surface area (Å²) in [6, 6.07) is 9.65. The first kappa shape index (κ1) is 16.4. The Morgan fingerprint density at radius 3 is 2.58 bits per heavy atom. The first-order valence-electron chi connectivity index (χ1n) is 7.88. The molecule has 2 heterocycles. The molecule has 7 nitrogen and oxygen atoms in total. The number of benzene rings is 1. The Hall–Kier alpha value is -2.41. The molecule has 3 rings (SSSR count). The highest BCUT2D eigenvalue weighted by Gasteiger charge is 2.48. The fourth-order valence-electron chi connectivity index (χ4n) is 2.84. The molecule has 2 aliphatic rings. The van der Waals surface area contributed by atoms with E-state index >= 15 is 0 Å². The van der Waals surface area contributed by atoms with E-state index in [2.05, 4.69) is 0 Å². The average Bonchev–Trinajstić information content (AvgIpc) is 2.77. The highest BCUT2D eigenvalue weighted by atomic mass is 16.6. The molecular formula is C17H20N2O5. The van der Waals surface area contributed by atoms with Crippen LogP contribution in [0.5, 0.6) is 0 Å². The van der Waals surface area contributed by atoms with Crippen molar-refractivity contribution in [2.24, 2.45) is 0 Å². The van der Waals surface area contributed by atoms with Crippen LogP contribution in [0.3, 0.4) is 0 Å². The zero-order valence-corrected chi connectivity index (χ0v) is 13.7. The molecule has 0 unspecified atom stereocenters. The summed E-state index contributed by atoms with van der Waals surface area (Å²) < 4.78 is 10.7. The largest absolute Gasteiger partial charge is 0.433 e. The van der Waals surface area contributed by atoms with Gasteiger partial charge in [0, 0.05) is 6.54 Å². The van der Waals surface area contributed by atoms with Gasteiger partial charge in [0.1, 0.15) is 12.6 Å². The second-order valence-corrected chi connectivity index (χ2v) is 6.38. The minimum Gasteiger partial charge on any atom is -0.433 e. The molecule has 0 radical (unpaired) electrons. The SMILES string of the molecule is CC1(C)OC(=O)N(CC(=O)N2CCO[C@H](c3ccccc3)C2)C1=O. The van der Waals surface area contributed by atoms with Crippen molar-refractivity contribution in [2.45, 2.75) is 25.6 Å². The molecule has 0 aliphatic carbocycles. The Balaban J connectivity index is 1.65. The van der Waals surface area contributed by atoms with Crippen LogP contribution in [-0.4, -0.2) is 59.5 Å². The monoisotopic (exact) mass is 332 g/mol. The summed E-state index contributed by atoms with van der Waals surface area (Å²) in [5, 5.41) is 0. The van der Waals surface area contributed by atoms with Gasteiger partial charge in [0.15, 0.2) is 5.60 Å². The van der Waals surface area contributed by atoms with E-state index < -0.39 is 17.6 Å². The van der Waals surface area contributed by atoms with Gasteiger partial charge in [-0.2, -0.15) is 0 Å². The number of nitrogens with zero attached hydrogens (tertiary/aromatic N) is 2. The van der Waals surface area contributed by atoms with Gasteiger partial charge in [-0.1, -0.05) is 30.3 Å². The summed E-state index contributed by atoms with van der Waals surface area (Å²) in [4.78, 5) is 38.9. The zero-order chi connectivity index (χ0) is 17.3. The summed E-state index contributed by atoms with van der Waals surface area (Å²) in [6.07, 6.45) is -0.979. The summed E-state index contributed by atoms with van der Waals surface area (Å²) in [6.45, 7) is 3.96. The highest BCUT2D eigenvalue weighted by Crippen LogP contribution is 2.25. The molecule has 0 saturated carbocycles. The Morgan fingerprint density at radius 2 is 1.96 bits per heavy atom. The molecule has 2 fully saturated rings. The van der Waals surface area contributed by atoms with Crippen molar-refractivity contribution in [1.29, 1.82) is 0 Å². The second kappa shape index (κ2) is 6.24. The molecule has 2 aliphatic heterocycles. The maximum atomic E-state index is 12.5. The number of morpholine rings is 1. The Kier molecular flexibility index (Phi) is 4.28. The fraction of sp³-hybridized carbons (Fsp3) is 0.471. The first-order valence-corrected chi connectivity index (χ1v) is 7.88. The van der Waals surface area contributed by atoms with E-state index in [0.29, 0.717) is 19.7 Å². The van der Waals surface area contributed by atoms with Gasteiger partial charge in [0.2, 0.25) is 5.91 Å². The van der Waals surface area contributed by atoms with Gasteiger partial charge in [-0.25, -0.2) is 9.69 Å². The van der Waals surface area contributed by atoms with Crippen molar-refractivity contribution >= 4 is 17.9 Å². The van der Waals surface area contributed by atoms with E-state index in [1.165, 1.54) is 13.8 Å². The van der Waals surface area contributed by atoms with Crippen molar-refractivity contribution in [3.63, 3.8) is 0 Å². The number of hydrogen-bond donors (Lipinski definition) is 0. The lowest BCUT2D eigenvalue weighted by molar-refractivity contribution is -0.144. The van der Waals surface area contributed by atoms with Crippen LogP contribution in [0.4, 0.5) is 4.79 Å². The van der Waals surface area contributed by atoms with E-state index in [0.717, 1.165) is 10.5 Å². The summed E-state index contributed by atoms with van der Waals surface area (Å²) in [7, 11) is 0. The van der Waals surface area contributed by atoms with Crippen molar-refractivity contribution in [1.82, 2.24) is 9.80 Å². The molecule has 3 amide bonds. The predicted molar refractivity (Wildman–Crippen MR) is 84.0 cm³/mol. The lowest BCUT2D eigenvalue weighted by Gasteiger charge is -2.33. The third-order valence-electron chi connectivity index (χ3n) is 4.21. The number of rotatable bonds is 3. The number of imide groups is 1. The minimum atomic E-state index is -1.21. The summed E-state index contributed by atoms with van der Waals surface area (Å²) in [5.74, 6) is -0.782. The smallest absolute Gasteiger partial charge is 0.418 e. The van der Waals surface area contributed by atoms with Crippen LogP contribution >= 0.6 is 0 Å². The maximum Gasteiger partial charge on any atom is 0.418 e. The van der Waals surface area contributed by atoms with Gasteiger partial charge in [-0.15, -0.1) is 0 Å². The van der Waals surface area contributed by atoms with E-state index in [1.807, 2.05) is 30.3 Å². The summed E-state index contributed by atoms with van der Waals surface area (Å²) in [5.41, 5.74) is -0.220. The molecule has 1 aromatic rings. The van der Waals surface area contributed by atoms with Gasteiger partial charge in [0.05, 0.1) is 13.2 Å². The molecule has 1 aromatic carbocycles. The molecule has 0 spiro atoms. The number of cyclic esters (lactones) is 1. The lowest BCUT2D eigenvalue weighted by Crippen LogP contribution is -2.48. The number of amides is 3. The van der Waals surface area contributed by atoms with Gasteiger partial charge < -0.3 is 14.4 Å². The van der Waals surface area contributed by atoms with E-state index in [4.69, 9.17) is 9.47 Å². The zero-order valence-electron chi connectivity index (χ0n) is 13.7. The molecule has 0 aromatic heterocycles. The molecule has 2 saturated heterocycles. The molecular weight excluding hydrogens is 312 g/mol. The quantitative estimate of drug-likeness (QED) is 0.835. The molecule has 128 valence electrons. The van der Waals surface area contributed by atoms with Crippen LogP contribution in [0, 0.1) is 0 Å². The predicted octanol–water partition coefficient (Wildman–Crippen LogP) is 1.34. The molecule has 1 atom stereocenters. The first-order chi connectivity index (χ1) is 11.4. The average molecular weight is 332 g/mol. The maximum absolute atomic E-state index is 12.5. The van der Waals surface area contributed by atoms with E-state index in [9.17, 15) is 14.4 Å². The number of ether oxygens (including phenoxy) is 2. The van der Waals surface area contributed by atoms with Crippen molar-refractivity contribution in [3.05, 3.63) is 35.9 Å². The van der Waals surface area contributed by atoms with E-state index in [1.54, 1.807) is 4.90 Å². The third kappa shape index (κ3) is 3.12. The molecule has 0 N–H and O–H groups in total. The van der Waals surface area contributed by atoms with Crippen LogP contribution in [0.2, 0.25) is 0 Å². The lowest BCUT2D eigenvalue weighted by atomic mass is 10.1. The number of carbonyl (C=O) groups is 3.